The van der Waals surface area contributed by atoms with Crippen LogP contribution in [0.5, 0.6) is 11.5 Å². The summed E-state index contributed by atoms with van der Waals surface area (Å²) >= 11 is 0. The summed E-state index contributed by atoms with van der Waals surface area (Å²) in [4.78, 5) is 19.8. The minimum atomic E-state index is -0.896. The van der Waals surface area contributed by atoms with Gasteiger partial charge in [-0.05, 0) is 56.0 Å². The largest absolute Gasteiger partial charge is 0.496 e. The Balaban J connectivity index is 1.74. The van der Waals surface area contributed by atoms with Crippen LogP contribution in [0.15, 0.2) is 42.7 Å². The summed E-state index contributed by atoms with van der Waals surface area (Å²) in [6, 6.07) is 11.6. The first-order chi connectivity index (χ1) is 15.4. The minimum absolute atomic E-state index is 0.0891. The van der Waals surface area contributed by atoms with Gasteiger partial charge in [0.15, 0.2) is 0 Å². The van der Waals surface area contributed by atoms with E-state index in [1.807, 2.05) is 25.1 Å². The first-order valence-electron chi connectivity index (χ1n) is 10.6. The number of carbonyl (C=O) groups is 1. The van der Waals surface area contributed by atoms with Crippen LogP contribution in [-0.2, 0) is 17.6 Å². The highest BCUT2D eigenvalue weighted by atomic mass is 16.5. The van der Waals surface area contributed by atoms with Crippen molar-refractivity contribution in [3.63, 3.8) is 0 Å². The third kappa shape index (κ3) is 5.75. The summed E-state index contributed by atoms with van der Waals surface area (Å²) in [7, 11) is 1.69. The Morgan fingerprint density at radius 2 is 1.81 bits per heavy atom. The van der Waals surface area contributed by atoms with Crippen LogP contribution < -0.4 is 14.8 Å². The van der Waals surface area contributed by atoms with Gasteiger partial charge in [-0.25, -0.2) is 9.97 Å². The number of hydrogen-bond acceptors (Lipinski definition) is 6. The average Bonchev–Trinajstić information content (AvgIpc) is 2.77. The number of benzene rings is 2. The second-order valence-corrected chi connectivity index (χ2v) is 7.54. The molecule has 7 nitrogen and oxygen atoms in total. The number of methoxy groups -OCH3 is 1. The highest BCUT2D eigenvalue weighted by molar-refractivity contribution is 5.73. The van der Waals surface area contributed by atoms with E-state index in [-0.39, 0.29) is 6.42 Å². The van der Waals surface area contributed by atoms with Gasteiger partial charge < -0.3 is 19.9 Å². The molecule has 1 heterocycles. The molecule has 0 spiro atoms. The standard InChI is InChI=1S/C25H29N3O4/c1-5-32-23-12-18(6-7-19(23)13-25(29)30)21-14-24(28-15-27-21)26-9-8-20-10-16(2)17(3)11-22(20)31-4/h6-7,10-12,14-15H,5,8-9,13H2,1-4H3,(H,29,30)(H,26,27,28). The number of nitrogens with zero attached hydrogens (tertiary/aromatic N) is 2. The number of carboxylic acid groups (broad SMARTS) is 1. The summed E-state index contributed by atoms with van der Waals surface area (Å²) < 4.78 is 11.2. The highest BCUT2D eigenvalue weighted by Gasteiger charge is 2.12. The molecular formula is C25H29N3O4. The summed E-state index contributed by atoms with van der Waals surface area (Å²) in [6.07, 6.45) is 2.22. The fourth-order valence-corrected chi connectivity index (χ4v) is 3.48. The molecule has 0 aliphatic carbocycles. The third-order valence-corrected chi connectivity index (χ3v) is 5.27. The zero-order valence-corrected chi connectivity index (χ0v) is 18.9. The van der Waals surface area contributed by atoms with Gasteiger partial charge >= 0.3 is 5.97 Å². The maximum absolute atomic E-state index is 11.1. The molecule has 0 atom stereocenters. The van der Waals surface area contributed by atoms with Crippen molar-refractivity contribution in [1.29, 1.82) is 0 Å². The average molecular weight is 436 g/mol. The van der Waals surface area contributed by atoms with Crippen molar-refractivity contribution in [2.24, 2.45) is 0 Å². The lowest BCUT2D eigenvalue weighted by Gasteiger charge is -2.13. The molecule has 2 aromatic carbocycles. The first kappa shape index (κ1) is 23.1. The Labute approximate surface area is 188 Å². The molecule has 1 aromatic heterocycles. The molecule has 0 aliphatic heterocycles. The molecule has 2 N–H and O–H groups in total. The maximum atomic E-state index is 11.1. The number of aryl methyl sites for hydroxylation is 2. The molecule has 0 amide bonds. The smallest absolute Gasteiger partial charge is 0.307 e. The quantitative estimate of drug-likeness (QED) is 0.486. The van der Waals surface area contributed by atoms with Gasteiger partial charge in [-0.1, -0.05) is 18.2 Å². The zero-order valence-electron chi connectivity index (χ0n) is 18.9. The number of aliphatic carboxylic acids is 1. The number of anilines is 1. The van der Waals surface area contributed by atoms with E-state index in [0.717, 1.165) is 29.0 Å². The van der Waals surface area contributed by atoms with E-state index in [2.05, 4.69) is 41.3 Å². The molecule has 0 bridgehead atoms. The number of nitrogens with one attached hydrogen (secondary N) is 1. The lowest BCUT2D eigenvalue weighted by atomic mass is 10.0. The Morgan fingerprint density at radius 3 is 2.53 bits per heavy atom. The van der Waals surface area contributed by atoms with Crippen molar-refractivity contribution >= 4 is 11.8 Å². The van der Waals surface area contributed by atoms with E-state index in [9.17, 15) is 4.79 Å². The summed E-state index contributed by atoms with van der Waals surface area (Å²) in [5.41, 5.74) is 5.80. The maximum Gasteiger partial charge on any atom is 0.307 e. The van der Waals surface area contributed by atoms with Crippen LogP contribution in [-0.4, -0.2) is 41.3 Å². The second kappa shape index (κ2) is 10.6. The Bertz CT molecular complexity index is 1100. The lowest BCUT2D eigenvalue weighted by Crippen LogP contribution is -2.08. The van der Waals surface area contributed by atoms with Crippen molar-refractivity contribution < 1.29 is 19.4 Å². The van der Waals surface area contributed by atoms with Crippen LogP contribution >= 0.6 is 0 Å². The summed E-state index contributed by atoms with van der Waals surface area (Å²) in [5.74, 6) is 1.27. The van der Waals surface area contributed by atoms with Gasteiger partial charge in [0.1, 0.15) is 23.6 Å². The monoisotopic (exact) mass is 435 g/mol. The van der Waals surface area contributed by atoms with E-state index in [4.69, 9.17) is 14.6 Å². The molecule has 0 aliphatic rings. The van der Waals surface area contributed by atoms with E-state index >= 15 is 0 Å². The Kier molecular flexibility index (Phi) is 7.65. The van der Waals surface area contributed by atoms with Gasteiger partial charge in [0, 0.05) is 23.7 Å². The SMILES string of the molecule is CCOc1cc(-c2cc(NCCc3cc(C)c(C)cc3OC)ncn2)ccc1CC(=O)O. The Morgan fingerprint density at radius 1 is 1.03 bits per heavy atom. The molecule has 168 valence electrons. The number of carboxylic acids is 1. The predicted octanol–water partition coefficient (Wildman–Crippen LogP) is 4.45. The molecule has 0 radical (unpaired) electrons. The van der Waals surface area contributed by atoms with Crippen LogP contribution in [0.25, 0.3) is 11.3 Å². The third-order valence-electron chi connectivity index (χ3n) is 5.27. The van der Waals surface area contributed by atoms with Gasteiger partial charge in [0.25, 0.3) is 0 Å². The van der Waals surface area contributed by atoms with Crippen LogP contribution in [0.2, 0.25) is 0 Å². The van der Waals surface area contributed by atoms with E-state index < -0.39 is 5.97 Å². The molecule has 3 aromatic rings. The molecular weight excluding hydrogens is 406 g/mol. The van der Waals surface area contributed by atoms with Gasteiger partial charge in [-0.15, -0.1) is 0 Å². The number of hydrogen-bond donors (Lipinski definition) is 2. The summed E-state index contributed by atoms with van der Waals surface area (Å²) in [5, 5.41) is 12.5. The number of ether oxygens (including phenoxy) is 2. The van der Waals surface area contributed by atoms with Crippen molar-refractivity contribution in [2.75, 3.05) is 25.6 Å². The van der Waals surface area contributed by atoms with Crippen LogP contribution in [0.1, 0.15) is 29.2 Å². The second-order valence-electron chi connectivity index (χ2n) is 7.54. The highest BCUT2D eigenvalue weighted by Crippen LogP contribution is 2.28. The van der Waals surface area contributed by atoms with Crippen LogP contribution in [0.3, 0.4) is 0 Å². The fourth-order valence-electron chi connectivity index (χ4n) is 3.48. The minimum Gasteiger partial charge on any atom is -0.496 e. The van der Waals surface area contributed by atoms with Crippen molar-refractivity contribution in [3.8, 4) is 22.8 Å². The molecule has 0 fully saturated rings. The van der Waals surface area contributed by atoms with Crippen LogP contribution in [0.4, 0.5) is 5.82 Å². The van der Waals surface area contributed by atoms with E-state index in [1.54, 1.807) is 13.2 Å². The molecule has 0 saturated heterocycles. The van der Waals surface area contributed by atoms with Crippen LogP contribution in [0, 0.1) is 13.8 Å². The molecule has 32 heavy (non-hydrogen) atoms. The first-order valence-corrected chi connectivity index (χ1v) is 10.6. The van der Waals surface area contributed by atoms with Gasteiger partial charge in [-0.3, -0.25) is 4.79 Å². The number of aromatic nitrogens is 2. The molecule has 3 rings (SSSR count). The summed E-state index contributed by atoms with van der Waals surface area (Å²) in [6.45, 7) is 7.19. The molecule has 0 unspecified atom stereocenters. The Hall–Kier alpha value is -3.61. The van der Waals surface area contributed by atoms with E-state index in [1.165, 1.54) is 17.5 Å². The lowest BCUT2D eigenvalue weighted by molar-refractivity contribution is -0.136. The topological polar surface area (TPSA) is 93.6 Å². The fraction of sp³-hybridized carbons (Fsp3) is 0.320. The number of rotatable bonds is 10. The zero-order chi connectivity index (χ0) is 23.1. The van der Waals surface area contributed by atoms with Crippen molar-refractivity contribution in [1.82, 2.24) is 9.97 Å². The van der Waals surface area contributed by atoms with Gasteiger partial charge in [0.2, 0.25) is 0 Å². The predicted molar refractivity (Wildman–Crippen MR) is 125 cm³/mol. The molecule has 0 saturated carbocycles. The van der Waals surface area contributed by atoms with Crippen molar-refractivity contribution in [3.05, 3.63) is 65.0 Å². The van der Waals surface area contributed by atoms with E-state index in [0.29, 0.717) is 30.3 Å². The van der Waals surface area contributed by atoms with Gasteiger partial charge in [-0.2, -0.15) is 0 Å². The van der Waals surface area contributed by atoms with Crippen molar-refractivity contribution in [2.45, 2.75) is 33.6 Å². The molecule has 7 heteroatoms. The normalized spacial score (nSPS) is 10.6. The van der Waals surface area contributed by atoms with Gasteiger partial charge in [0.05, 0.1) is 25.8 Å².